The van der Waals surface area contributed by atoms with Gasteiger partial charge in [0.2, 0.25) is 0 Å². The molecule has 0 aliphatic heterocycles. The summed E-state index contributed by atoms with van der Waals surface area (Å²) in [6, 6.07) is 9.17. The third-order valence-corrected chi connectivity index (χ3v) is 2.37. The van der Waals surface area contributed by atoms with Gasteiger partial charge < -0.3 is 9.47 Å². The zero-order valence-corrected chi connectivity index (χ0v) is 10.3. The average molecular weight is 233 g/mol. The number of hydrogen-bond acceptors (Lipinski definition) is 3. The van der Waals surface area contributed by atoms with Crippen molar-refractivity contribution < 1.29 is 9.47 Å². The molecule has 0 atom stereocenters. The summed E-state index contributed by atoms with van der Waals surface area (Å²) >= 11 is 0. The van der Waals surface area contributed by atoms with Crippen LogP contribution in [0.25, 0.3) is 0 Å². The summed E-state index contributed by atoms with van der Waals surface area (Å²) in [5, 5.41) is 8.63. The summed E-state index contributed by atoms with van der Waals surface area (Å²) in [7, 11) is 0. The third-order valence-electron chi connectivity index (χ3n) is 2.37. The van der Waals surface area contributed by atoms with Crippen molar-refractivity contribution in [1.29, 1.82) is 5.26 Å². The van der Waals surface area contributed by atoms with E-state index in [1.54, 1.807) is 24.3 Å². The Morgan fingerprint density at radius 1 is 1.06 bits per heavy atom. The fourth-order valence-electron chi connectivity index (χ4n) is 1.40. The molecule has 0 saturated carbocycles. The Labute approximate surface area is 103 Å². The third kappa shape index (κ3) is 5.94. The summed E-state index contributed by atoms with van der Waals surface area (Å²) in [4.78, 5) is 0. The van der Waals surface area contributed by atoms with Crippen LogP contribution in [-0.4, -0.2) is 19.8 Å². The van der Waals surface area contributed by atoms with Gasteiger partial charge in [0.05, 0.1) is 18.2 Å². The molecular formula is C14H19NO2. The van der Waals surface area contributed by atoms with E-state index in [-0.39, 0.29) is 0 Å². The van der Waals surface area contributed by atoms with Crippen molar-refractivity contribution in [2.24, 2.45) is 0 Å². The lowest BCUT2D eigenvalue weighted by Gasteiger charge is -2.06. The maximum Gasteiger partial charge on any atom is 0.119 e. The van der Waals surface area contributed by atoms with Gasteiger partial charge in [-0.25, -0.2) is 0 Å². The first kappa shape index (κ1) is 13.5. The summed E-state index contributed by atoms with van der Waals surface area (Å²) < 4.78 is 10.9. The van der Waals surface area contributed by atoms with Crippen LogP contribution in [-0.2, 0) is 4.74 Å². The van der Waals surface area contributed by atoms with E-state index in [4.69, 9.17) is 14.7 Å². The summed E-state index contributed by atoms with van der Waals surface area (Å²) in [5.41, 5.74) is 0.646. The van der Waals surface area contributed by atoms with E-state index in [9.17, 15) is 0 Å². The van der Waals surface area contributed by atoms with Gasteiger partial charge in [0, 0.05) is 6.61 Å². The molecule has 0 aliphatic carbocycles. The average Bonchev–Trinajstić information content (AvgIpc) is 2.38. The van der Waals surface area contributed by atoms with Gasteiger partial charge in [-0.2, -0.15) is 5.26 Å². The number of benzene rings is 1. The molecule has 0 aliphatic rings. The molecule has 0 fully saturated rings. The Balaban J connectivity index is 2.08. The molecule has 1 aromatic rings. The van der Waals surface area contributed by atoms with Crippen molar-refractivity contribution in [3.63, 3.8) is 0 Å². The highest BCUT2D eigenvalue weighted by atomic mass is 16.5. The van der Waals surface area contributed by atoms with Crippen LogP contribution in [0, 0.1) is 11.3 Å². The molecule has 0 heterocycles. The first-order valence-corrected chi connectivity index (χ1v) is 6.07. The highest BCUT2D eigenvalue weighted by Crippen LogP contribution is 2.11. The normalized spacial score (nSPS) is 9.88. The van der Waals surface area contributed by atoms with E-state index < -0.39 is 0 Å². The van der Waals surface area contributed by atoms with E-state index >= 15 is 0 Å². The molecule has 0 spiro atoms. The van der Waals surface area contributed by atoms with Gasteiger partial charge in [-0.1, -0.05) is 19.8 Å². The monoisotopic (exact) mass is 233 g/mol. The molecule has 17 heavy (non-hydrogen) atoms. The smallest absolute Gasteiger partial charge is 0.119 e. The van der Waals surface area contributed by atoms with Gasteiger partial charge in [0.1, 0.15) is 12.4 Å². The fourth-order valence-corrected chi connectivity index (χ4v) is 1.40. The van der Waals surface area contributed by atoms with E-state index in [1.807, 2.05) is 0 Å². The molecule has 0 saturated heterocycles. The molecule has 0 unspecified atom stereocenters. The van der Waals surface area contributed by atoms with Gasteiger partial charge in [-0.05, 0) is 30.7 Å². The van der Waals surface area contributed by atoms with Crippen LogP contribution in [0.1, 0.15) is 31.7 Å². The van der Waals surface area contributed by atoms with Gasteiger partial charge in [-0.15, -0.1) is 0 Å². The van der Waals surface area contributed by atoms with Crippen molar-refractivity contribution in [3.05, 3.63) is 29.8 Å². The minimum atomic E-state index is 0.554. The molecule has 3 nitrogen and oxygen atoms in total. The SMILES string of the molecule is CCCCCOCCOc1ccc(C#N)cc1. The number of unbranched alkanes of at least 4 members (excludes halogenated alkanes) is 2. The Hall–Kier alpha value is -1.53. The van der Waals surface area contributed by atoms with Gasteiger partial charge >= 0.3 is 0 Å². The molecule has 1 rings (SSSR count). The maximum absolute atomic E-state index is 8.63. The first-order chi connectivity index (χ1) is 8.36. The lowest BCUT2D eigenvalue weighted by Crippen LogP contribution is -2.07. The molecule has 0 N–H and O–H groups in total. The van der Waals surface area contributed by atoms with Crippen LogP contribution in [0.15, 0.2) is 24.3 Å². The summed E-state index contributed by atoms with van der Waals surface area (Å²) in [5.74, 6) is 0.779. The second kappa shape index (κ2) is 8.60. The van der Waals surface area contributed by atoms with Gasteiger partial charge in [0.25, 0.3) is 0 Å². The highest BCUT2D eigenvalue weighted by molar-refractivity contribution is 5.34. The Bertz CT molecular complexity index is 340. The van der Waals surface area contributed by atoms with Crippen molar-refractivity contribution >= 4 is 0 Å². The summed E-state index contributed by atoms with van der Waals surface area (Å²) in [6.45, 7) is 4.15. The highest BCUT2D eigenvalue weighted by Gasteiger charge is 1.95. The van der Waals surface area contributed by atoms with Crippen molar-refractivity contribution in [1.82, 2.24) is 0 Å². The van der Waals surface area contributed by atoms with Crippen LogP contribution in [0.4, 0.5) is 0 Å². The van der Waals surface area contributed by atoms with Crippen LogP contribution in [0.5, 0.6) is 5.75 Å². The van der Waals surface area contributed by atoms with Crippen molar-refractivity contribution in [2.45, 2.75) is 26.2 Å². The Morgan fingerprint density at radius 2 is 1.82 bits per heavy atom. The minimum absolute atomic E-state index is 0.554. The van der Waals surface area contributed by atoms with Crippen molar-refractivity contribution in [2.75, 3.05) is 19.8 Å². The predicted molar refractivity (Wildman–Crippen MR) is 67.0 cm³/mol. The lowest BCUT2D eigenvalue weighted by atomic mass is 10.2. The van der Waals surface area contributed by atoms with Crippen molar-refractivity contribution in [3.8, 4) is 11.8 Å². The van der Waals surface area contributed by atoms with Gasteiger partial charge in [0.15, 0.2) is 0 Å². The van der Waals surface area contributed by atoms with E-state index in [0.717, 1.165) is 18.8 Å². The number of hydrogen-bond donors (Lipinski definition) is 0. The standard InChI is InChI=1S/C14H19NO2/c1-2-3-4-9-16-10-11-17-14-7-5-13(12-15)6-8-14/h5-8H,2-4,9-11H2,1H3. The molecule has 0 bridgehead atoms. The molecule has 1 aromatic carbocycles. The van der Waals surface area contributed by atoms with Gasteiger partial charge in [-0.3, -0.25) is 0 Å². The molecule has 0 radical (unpaired) electrons. The van der Waals surface area contributed by atoms with E-state index in [1.165, 1.54) is 12.8 Å². The molecule has 0 aromatic heterocycles. The number of ether oxygens (including phenoxy) is 2. The number of rotatable bonds is 8. The molecule has 92 valence electrons. The minimum Gasteiger partial charge on any atom is -0.491 e. The Morgan fingerprint density at radius 3 is 2.47 bits per heavy atom. The molecule has 0 amide bonds. The molecular weight excluding hydrogens is 214 g/mol. The van der Waals surface area contributed by atoms with Crippen LogP contribution >= 0.6 is 0 Å². The fraction of sp³-hybridized carbons (Fsp3) is 0.500. The topological polar surface area (TPSA) is 42.2 Å². The quantitative estimate of drug-likeness (QED) is 0.648. The van der Waals surface area contributed by atoms with E-state index in [2.05, 4.69) is 13.0 Å². The van der Waals surface area contributed by atoms with Crippen LogP contribution < -0.4 is 4.74 Å². The zero-order chi connectivity index (χ0) is 12.3. The number of nitriles is 1. The second-order valence-corrected chi connectivity index (χ2v) is 3.80. The Kier molecular flexibility index (Phi) is 6.85. The van der Waals surface area contributed by atoms with Crippen LogP contribution in [0.3, 0.4) is 0 Å². The van der Waals surface area contributed by atoms with E-state index in [0.29, 0.717) is 18.8 Å². The number of nitrogens with zero attached hydrogens (tertiary/aromatic N) is 1. The second-order valence-electron chi connectivity index (χ2n) is 3.80. The maximum atomic E-state index is 8.63. The predicted octanol–water partition coefficient (Wildman–Crippen LogP) is 3.14. The lowest BCUT2D eigenvalue weighted by molar-refractivity contribution is 0.0973. The van der Waals surface area contributed by atoms with Crippen LogP contribution in [0.2, 0.25) is 0 Å². The summed E-state index contributed by atoms with van der Waals surface area (Å²) in [6.07, 6.45) is 3.55. The first-order valence-electron chi connectivity index (χ1n) is 6.07. The zero-order valence-electron chi connectivity index (χ0n) is 10.3. The molecule has 3 heteroatoms. The largest absolute Gasteiger partial charge is 0.491 e.